The summed E-state index contributed by atoms with van der Waals surface area (Å²) < 4.78 is 0. The maximum atomic E-state index is 12.9. The number of carbonyl (C=O) groups excluding carboxylic acids is 3. The highest BCUT2D eigenvalue weighted by Crippen LogP contribution is 2.29. The van der Waals surface area contributed by atoms with E-state index in [0.717, 1.165) is 38.8 Å². The first-order valence-electron chi connectivity index (χ1n) is 10.1. The van der Waals surface area contributed by atoms with Crippen molar-refractivity contribution in [2.45, 2.75) is 44.6 Å². The normalized spacial score (nSPS) is 25.3. The van der Waals surface area contributed by atoms with Crippen LogP contribution in [0.5, 0.6) is 0 Å². The summed E-state index contributed by atoms with van der Waals surface area (Å²) in [5, 5.41) is 0. The van der Waals surface area contributed by atoms with E-state index in [2.05, 4.69) is 4.90 Å². The Morgan fingerprint density at radius 1 is 0.889 bits per heavy atom. The number of carbonyl (C=O) groups is 3. The summed E-state index contributed by atoms with van der Waals surface area (Å²) in [6.07, 6.45) is 5.23. The quantitative estimate of drug-likeness (QED) is 0.765. The average Bonchev–Trinajstić information content (AvgIpc) is 3.03. The van der Waals surface area contributed by atoms with Crippen LogP contribution < -0.4 is 4.90 Å². The highest BCUT2D eigenvalue weighted by molar-refractivity contribution is 6.22. The SMILES string of the molecule is O=C(C1CCN([C@@H]2CC(=O)N(c3ccccc3)C2=O)CC1)N1CCCCC1. The first kappa shape index (κ1) is 18.2. The van der Waals surface area contributed by atoms with Crippen LogP contribution in [0.4, 0.5) is 5.69 Å². The zero-order valence-electron chi connectivity index (χ0n) is 15.7. The van der Waals surface area contributed by atoms with Crippen LogP contribution >= 0.6 is 0 Å². The zero-order valence-corrected chi connectivity index (χ0v) is 15.7. The molecule has 0 N–H and O–H groups in total. The number of benzene rings is 1. The van der Waals surface area contributed by atoms with Gasteiger partial charge in [0.2, 0.25) is 11.8 Å². The van der Waals surface area contributed by atoms with E-state index < -0.39 is 0 Å². The number of hydrogen-bond donors (Lipinski definition) is 0. The van der Waals surface area contributed by atoms with E-state index in [1.54, 1.807) is 12.1 Å². The van der Waals surface area contributed by atoms with Gasteiger partial charge in [0.15, 0.2) is 0 Å². The third-order valence-electron chi connectivity index (χ3n) is 6.12. The van der Waals surface area contributed by atoms with Gasteiger partial charge in [-0.25, -0.2) is 4.90 Å². The molecule has 3 aliphatic rings. The third-order valence-corrected chi connectivity index (χ3v) is 6.12. The number of imide groups is 1. The van der Waals surface area contributed by atoms with Crippen molar-refractivity contribution in [2.24, 2.45) is 5.92 Å². The monoisotopic (exact) mass is 369 g/mol. The van der Waals surface area contributed by atoms with Crippen molar-refractivity contribution in [1.82, 2.24) is 9.80 Å². The molecule has 3 aliphatic heterocycles. The molecule has 27 heavy (non-hydrogen) atoms. The summed E-state index contributed by atoms with van der Waals surface area (Å²) in [6.45, 7) is 3.19. The van der Waals surface area contributed by atoms with Crippen molar-refractivity contribution in [3.8, 4) is 0 Å². The highest BCUT2D eigenvalue weighted by Gasteiger charge is 2.44. The predicted molar refractivity (Wildman–Crippen MR) is 102 cm³/mol. The topological polar surface area (TPSA) is 60.9 Å². The highest BCUT2D eigenvalue weighted by atomic mass is 16.2. The van der Waals surface area contributed by atoms with Crippen molar-refractivity contribution < 1.29 is 14.4 Å². The summed E-state index contributed by atoms with van der Waals surface area (Å²) in [5.74, 6) is 0.0839. The molecule has 0 saturated carbocycles. The minimum atomic E-state index is -0.385. The average molecular weight is 369 g/mol. The molecule has 1 atom stereocenters. The first-order valence-corrected chi connectivity index (χ1v) is 10.1. The minimum absolute atomic E-state index is 0.0665. The van der Waals surface area contributed by atoms with Crippen LogP contribution in [0, 0.1) is 5.92 Å². The lowest BCUT2D eigenvalue weighted by molar-refractivity contribution is -0.138. The molecule has 144 valence electrons. The molecule has 3 fully saturated rings. The van der Waals surface area contributed by atoms with Crippen LogP contribution in [0.15, 0.2) is 30.3 Å². The summed E-state index contributed by atoms with van der Waals surface area (Å²) >= 11 is 0. The Hall–Kier alpha value is -2.21. The largest absolute Gasteiger partial charge is 0.342 e. The molecule has 6 heteroatoms. The second-order valence-electron chi connectivity index (χ2n) is 7.82. The van der Waals surface area contributed by atoms with Crippen molar-refractivity contribution in [1.29, 1.82) is 0 Å². The van der Waals surface area contributed by atoms with Gasteiger partial charge in [0.1, 0.15) is 0 Å². The van der Waals surface area contributed by atoms with Gasteiger partial charge < -0.3 is 4.90 Å². The van der Waals surface area contributed by atoms with Gasteiger partial charge in [-0.2, -0.15) is 0 Å². The molecule has 0 radical (unpaired) electrons. The summed E-state index contributed by atoms with van der Waals surface area (Å²) in [6, 6.07) is 8.74. The number of likely N-dealkylation sites (tertiary alicyclic amines) is 2. The Bertz CT molecular complexity index is 707. The van der Waals surface area contributed by atoms with Gasteiger partial charge in [-0.05, 0) is 57.3 Å². The Morgan fingerprint density at radius 2 is 1.56 bits per heavy atom. The van der Waals surface area contributed by atoms with Crippen molar-refractivity contribution >= 4 is 23.4 Å². The number of piperidine rings is 2. The van der Waals surface area contributed by atoms with Gasteiger partial charge in [-0.3, -0.25) is 19.3 Å². The van der Waals surface area contributed by atoms with E-state index in [1.807, 2.05) is 23.1 Å². The maximum Gasteiger partial charge on any atom is 0.251 e. The summed E-state index contributed by atoms with van der Waals surface area (Å²) in [7, 11) is 0. The fourth-order valence-corrected chi connectivity index (χ4v) is 4.58. The van der Waals surface area contributed by atoms with Gasteiger partial charge in [-0.15, -0.1) is 0 Å². The number of anilines is 1. The number of para-hydroxylation sites is 1. The number of nitrogens with zero attached hydrogens (tertiary/aromatic N) is 3. The molecule has 0 bridgehead atoms. The van der Waals surface area contributed by atoms with Gasteiger partial charge >= 0.3 is 0 Å². The molecule has 0 aliphatic carbocycles. The van der Waals surface area contributed by atoms with Crippen molar-refractivity contribution in [3.63, 3.8) is 0 Å². The number of hydrogen-bond acceptors (Lipinski definition) is 4. The van der Waals surface area contributed by atoms with E-state index in [0.29, 0.717) is 18.8 Å². The lowest BCUT2D eigenvalue weighted by Crippen LogP contribution is -2.49. The number of amides is 3. The molecular formula is C21H27N3O3. The minimum Gasteiger partial charge on any atom is -0.342 e. The molecule has 3 heterocycles. The van der Waals surface area contributed by atoms with Gasteiger partial charge in [0, 0.05) is 19.0 Å². The standard InChI is InChI=1S/C21H27N3O3/c25-19-15-18(21(27)24(19)17-7-3-1-4-8-17)22-13-9-16(10-14-22)20(26)23-11-5-2-6-12-23/h1,3-4,7-8,16,18H,2,5-6,9-15H2/t18-/m1/s1. The third kappa shape index (κ3) is 3.63. The number of rotatable bonds is 3. The molecule has 0 spiro atoms. The van der Waals surface area contributed by atoms with Gasteiger partial charge in [0.05, 0.1) is 18.2 Å². The molecule has 1 aromatic carbocycles. The maximum absolute atomic E-state index is 12.9. The van der Waals surface area contributed by atoms with E-state index >= 15 is 0 Å². The Labute approximate surface area is 160 Å². The Kier molecular flexibility index (Phi) is 5.25. The van der Waals surface area contributed by atoms with Gasteiger partial charge in [-0.1, -0.05) is 18.2 Å². The van der Waals surface area contributed by atoms with E-state index in [4.69, 9.17) is 0 Å². The van der Waals surface area contributed by atoms with Crippen molar-refractivity contribution in [3.05, 3.63) is 30.3 Å². The molecule has 1 aromatic rings. The molecular weight excluding hydrogens is 342 g/mol. The molecule has 0 aromatic heterocycles. The Balaban J connectivity index is 1.36. The first-order chi connectivity index (χ1) is 13.1. The second kappa shape index (κ2) is 7.80. The van der Waals surface area contributed by atoms with Gasteiger partial charge in [0.25, 0.3) is 5.91 Å². The lowest BCUT2D eigenvalue weighted by Gasteiger charge is -2.37. The zero-order chi connectivity index (χ0) is 18.8. The molecule has 4 rings (SSSR count). The van der Waals surface area contributed by atoms with E-state index in [-0.39, 0.29) is 36.1 Å². The fraction of sp³-hybridized carbons (Fsp3) is 0.571. The fourth-order valence-electron chi connectivity index (χ4n) is 4.58. The van der Waals surface area contributed by atoms with Crippen molar-refractivity contribution in [2.75, 3.05) is 31.1 Å². The van der Waals surface area contributed by atoms with Crippen LogP contribution in [0.2, 0.25) is 0 Å². The lowest BCUT2D eigenvalue weighted by atomic mass is 9.93. The van der Waals surface area contributed by atoms with Crippen LogP contribution in [0.25, 0.3) is 0 Å². The van der Waals surface area contributed by atoms with E-state index in [9.17, 15) is 14.4 Å². The predicted octanol–water partition coefficient (Wildman–Crippen LogP) is 2.04. The van der Waals surface area contributed by atoms with E-state index in [1.165, 1.54) is 11.3 Å². The smallest absolute Gasteiger partial charge is 0.251 e. The molecule has 3 amide bonds. The van der Waals surface area contributed by atoms with Crippen LogP contribution in [-0.2, 0) is 14.4 Å². The molecule has 6 nitrogen and oxygen atoms in total. The summed E-state index contributed by atoms with van der Waals surface area (Å²) in [4.78, 5) is 43.4. The molecule has 0 unspecified atom stereocenters. The molecule has 3 saturated heterocycles. The van der Waals surface area contributed by atoms with Crippen LogP contribution in [0.1, 0.15) is 38.5 Å². The Morgan fingerprint density at radius 3 is 2.22 bits per heavy atom. The second-order valence-corrected chi connectivity index (χ2v) is 7.82. The summed E-state index contributed by atoms with van der Waals surface area (Å²) in [5.41, 5.74) is 0.644. The van der Waals surface area contributed by atoms with Crippen LogP contribution in [0.3, 0.4) is 0 Å². The van der Waals surface area contributed by atoms with Crippen LogP contribution in [-0.4, -0.2) is 59.7 Å².